The summed E-state index contributed by atoms with van der Waals surface area (Å²) in [4.78, 5) is 12.4. The fraction of sp³-hybridized carbons (Fsp3) is 0.417. The van der Waals surface area contributed by atoms with Crippen LogP contribution in [0.3, 0.4) is 0 Å². The first-order valence-electron chi connectivity index (χ1n) is 5.73. The molecule has 1 unspecified atom stereocenters. The van der Waals surface area contributed by atoms with Crippen LogP contribution < -0.4 is 15.0 Å². The maximum absolute atomic E-state index is 11.2. The molecule has 92 valence electrons. The molecule has 2 rings (SSSR count). The SMILES string of the molecule is O=C1C[NH+](CCOc2ccc(Br)cc2)CCN1. The molecule has 0 saturated carbocycles. The summed E-state index contributed by atoms with van der Waals surface area (Å²) in [5.74, 6) is 1.00. The van der Waals surface area contributed by atoms with Crippen molar-refractivity contribution in [2.75, 3.05) is 32.8 Å². The van der Waals surface area contributed by atoms with Gasteiger partial charge in [0.25, 0.3) is 5.91 Å². The van der Waals surface area contributed by atoms with Gasteiger partial charge in [-0.05, 0) is 24.3 Å². The molecule has 4 nitrogen and oxygen atoms in total. The molecular weight excluding hydrogens is 284 g/mol. The summed E-state index contributed by atoms with van der Waals surface area (Å²) in [6.07, 6.45) is 0. The molecule has 1 aromatic carbocycles. The zero-order chi connectivity index (χ0) is 12.1. The van der Waals surface area contributed by atoms with Crippen LogP contribution in [-0.2, 0) is 4.79 Å². The van der Waals surface area contributed by atoms with E-state index in [1.165, 1.54) is 4.90 Å². The first-order valence-corrected chi connectivity index (χ1v) is 6.52. The maximum atomic E-state index is 11.2. The van der Waals surface area contributed by atoms with Crippen LogP contribution in [0.1, 0.15) is 0 Å². The molecule has 2 N–H and O–H groups in total. The predicted molar refractivity (Wildman–Crippen MR) is 68.2 cm³/mol. The molecule has 1 amide bonds. The Hall–Kier alpha value is -1.07. The molecule has 1 aromatic rings. The molecule has 1 atom stereocenters. The molecule has 0 bridgehead atoms. The number of piperazine rings is 1. The highest BCUT2D eigenvalue weighted by atomic mass is 79.9. The topological polar surface area (TPSA) is 42.8 Å². The number of carbonyl (C=O) groups excluding carboxylic acids is 1. The molecule has 0 radical (unpaired) electrons. The fourth-order valence-electron chi connectivity index (χ4n) is 1.81. The highest BCUT2D eigenvalue weighted by Crippen LogP contribution is 2.15. The van der Waals surface area contributed by atoms with Gasteiger partial charge >= 0.3 is 0 Å². The molecule has 17 heavy (non-hydrogen) atoms. The highest BCUT2D eigenvalue weighted by molar-refractivity contribution is 9.10. The summed E-state index contributed by atoms with van der Waals surface area (Å²) in [6.45, 7) is 3.82. The van der Waals surface area contributed by atoms with Crippen molar-refractivity contribution in [1.82, 2.24) is 5.32 Å². The summed E-state index contributed by atoms with van der Waals surface area (Å²) in [5, 5.41) is 2.82. The Balaban J connectivity index is 1.72. The maximum Gasteiger partial charge on any atom is 0.275 e. The smallest absolute Gasteiger partial charge is 0.275 e. The van der Waals surface area contributed by atoms with Crippen molar-refractivity contribution in [3.05, 3.63) is 28.7 Å². The third-order valence-electron chi connectivity index (χ3n) is 2.75. The molecule has 0 aromatic heterocycles. The summed E-state index contributed by atoms with van der Waals surface area (Å²) in [6, 6.07) is 7.78. The molecule has 1 aliphatic heterocycles. The van der Waals surface area contributed by atoms with Crippen molar-refractivity contribution >= 4 is 21.8 Å². The standard InChI is InChI=1S/C12H15BrN2O2/c13-10-1-3-11(4-2-10)17-8-7-15-6-5-14-12(16)9-15/h1-4H,5-9H2,(H,14,16)/p+1. The molecular formula is C12H16BrN2O2+. The second-order valence-corrected chi connectivity index (χ2v) is 4.99. The van der Waals surface area contributed by atoms with Gasteiger partial charge in [0.2, 0.25) is 0 Å². The van der Waals surface area contributed by atoms with Crippen molar-refractivity contribution in [2.45, 2.75) is 0 Å². The molecule has 5 heteroatoms. The van der Waals surface area contributed by atoms with Crippen molar-refractivity contribution in [2.24, 2.45) is 0 Å². The Kier molecular flexibility index (Phi) is 4.39. The van der Waals surface area contributed by atoms with E-state index in [1.807, 2.05) is 24.3 Å². The Bertz CT molecular complexity index is 381. The van der Waals surface area contributed by atoms with E-state index in [4.69, 9.17) is 4.74 Å². The molecule has 0 aliphatic carbocycles. The summed E-state index contributed by atoms with van der Waals surface area (Å²) in [5.41, 5.74) is 0. The van der Waals surface area contributed by atoms with E-state index in [2.05, 4.69) is 21.2 Å². The van der Waals surface area contributed by atoms with Crippen LogP contribution >= 0.6 is 15.9 Å². The van der Waals surface area contributed by atoms with Gasteiger partial charge in [-0.25, -0.2) is 0 Å². The summed E-state index contributed by atoms with van der Waals surface area (Å²) >= 11 is 3.38. The first kappa shape index (κ1) is 12.4. The average Bonchev–Trinajstić information content (AvgIpc) is 2.32. The fourth-order valence-corrected chi connectivity index (χ4v) is 2.08. The highest BCUT2D eigenvalue weighted by Gasteiger charge is 2.18. The molecule has 1 aliphatic rings. The lowest BCUT2D eigenvalue weighted by molar-refractivity contribution is -0.893. The minimum absolute atomic E-state index is 0.134. The van der Waals surface area contributed by atoms with Gasteiger partial charge in [-0.2, -0.15) is 0 Å². The quantitative estimate of drug-likeness (QED) is 0.812. The van der Waals surface area contributed by atoms with Gasteiger partial charge in [0.05, 0.1) is 13.1 Å². The summed E-state index contributed by atoms with van der Waals surface area (Å²) < 4.78 is 6.67. The molecule has 1 saturated heterocycles. The van der Waals surface area contributed by atoms with Crippen LogP contribution in [0.25, 0.3) is 0 Å². The molecule has 1 heterocycles. The number of ether oxygens (including phenoxy) is 1. The second kappa shape index (κ2) is 6.02. The Morgan fingerprint density at radius 1 is 1.35 bits per heavy atom. The Morgan fingerprint density at radius 2 is 2.12 bits per heavy atom. The number of halogens is 1. The largest absolute Gasteiger partial charge is 0.488 e. The van der Waals surface area contributed by atoms with Crippen LogP contribution in [0.4, 0.5) is 0 Å². The van der Waals surface area contributed by atoms with Gasteiger partial charge in [-0.1, -0.05) is 15.9 Å². The first-order chi connectivity index (χ1) is 8.24. The number of nitrogens with one attached hydrogen (secondary N) is 2. The number of benzene rings is 1. The van der Waals surface area contributed by atoms with Crippen LogP contribution in [0.15, 0.2) is 28.7 Å². The predicted octanol–water partition coefficient (Wildman–Crippen LogP) is -0.157. The van der Waals surface area contributed by atoms with E-state index >= 15 is 0 Å². The number of carbonyl (C=O) groups is 1. The van der Waals surface area contributed by atoms with E-state index in [9.17, 15) is 4.79 Å². The van der Waals surface area contributed by atoms with Crippen LogP contribution in [0.2, 0.25) is 0 Å². The van der Waals surface area contributed by atoms with Crippen molar-refractivity contribution in [1.29, 1.82) is 0 Å². The van der Waals surface area contributed by atoms with Crippen LogP contribution in [-0.4, -0.2) is 38.7 Å². The van der Waals surface area contributed by atoms with Crippen LogP contribution in [0, 0.1) is 0 Å². The average molecular weight is 300 g/mol. The van der Waals surface area contributed by atoms with Gasteiger partial charge in [0.15, 0.2) is 6.54 Å². The summed E-state index contributed by atoms with van der Waals surface area (Å²) in [7, 11) is 0. The zero-order valence-corrected chi connectivity index (χ0v) is 11.1. The van der Waals surface area contributed by atoms with Gasteiger partial charge in [0.1, 0.15) is 18.9 Å². The number of rotatable bonds is 4. The van der Waals surface area contributed by atoms with E-state index in [0.717, 1.165) is 29.9 Å². The van der Waals surface area contributed by atoms with Gasteiger partial charge < -0.3 is 15.0 Å². The van der Waals surface area contributed by atoms with Crippen molar-refractivity contribution < 1.29 is 14.4 Å². The monoisotopic (exact) mass is 299 g/mol. The van der Waals surface area contributed by atoms with Crippen molar-refractivity contribution in [3.63, 3.8) is 0 Å². The Morgan fingerprint density at radius 3 is 2.82 bits per heavy atom. The van der Waals surface area contributed by atoms with Gasteiger partial charge in [-0.15, -0.1) is 0 Å². The zero-order valence-electron chi connectivity index (χ0n) is 9.54. The minimum atomic E-state index is 0.134. The lowest BCUT2D eigenvalue weighted by Crippen LogP contribution is -3.15. The number of amides is 1. The minimum Gasteiger partial charge on any atom is -0.488 e. The number of hydrogen-bond acceptors (Lipinski definition) is 2. The van der Waals surface area contributed by atoms with E-state index < -0.39 is 0 Å². The Labute approximate surface area is 109 Å². The van der Waals surface area contributed by atoms with Gasteiger partial charge in [-0.3, -0.25) is 4.79 Å². The second-order valence-electron chi connectivity index (χ2n) is 4.08. The third kappa shape index (κ3) is 4.02. The normalized spacial score (nSPS) is 19.8. The number of hydrogen-bond donors (Lipinski definition) is 2. The van der Waals surface area contributed by atoms with Gasteiger partial charge in [0, 0.05) is 4.47 Å². The van der Waals surface area contributed by atoms with E-state index in [1.54, 1.807) is 0 Å². The van der Waals surface area contributed by atoms with Crippen molar-refractivity contribution in [3.8, 4) is 5.75 Å². The third-order valence-corrected chi connectivity index (χ3v) is 3.28. The van der Waals surface area contributed by atoms with E-state index in [0.29, 0.717) is 13.2 Å². The number of quaternary nitrogens is 1. The molecule has 0 spiro atoms. The lowest BCUT2D eigenvalue weighted by Gasteiger charge is -2.23. The molecule has 1 fully saturated rings. The van der Waals surface area contributed by atoms with E-state index in [-0.39, 0.29) is 5.91 Å². The lowest BCUT2D eigenvalue weighted by atomic mass is 10.3. The van der Waals surface area contributed by atoms with Crippen LogP contribution in [0.5, 0.6) is 5.75 Å².